The van der Waals surface area contributed by atoms with Gasteiger partial charge in [0, 0.05) is 41.1 Å². The molecule has 28 heavy (non-hydrogen) atoms. The van der Waals surface area contributed by atoms with E-state index in [0.717, 1.165) is 30.8 Å². The lowest BCUT2D eigenvalue weighted by Gasteiger charge is -2.09. The predicted octanol–water partition coefficient (Wildman–Crippen LogP) is 4.43. The molecule has 3 rings (SSSR count). The maximum Gasteiger partial charge on any atom is 0.171 e. The Morgan fingerprint density at radius 2 is 1.96 bits per heavy atom. The number of hydrogen-bond acceptors (Lipinski definition) is 3. The summed E-state index contributed by atoms with van der Waals surface area (Å²) in [6.45, 7) is 6.23. The fraction of sp³-hybridized carbons (Fsp3) is 0.316. The van der Waals surface area contributed by atoms with Gasteiger partial charge < -0.3 is 10.6 Å². The van der Waals surface area contributed by atoms with E-state index in [9.17, 15) is 0 Å². The Morgan fingerprint density at radius 3 is 2.68 bits per heavy atom. The van der Waals surface area contributed by atoms with Crippen LogP contribution in [0.2, 0.25) is 10.0 Å². The van der Waals surface area contributed by atoms with Gasteiger partial charge in [-0.1, -0.05) is 29.3 Å². The van der Waals surface area contributed by atoms with Crippen LogP contribution in [0.1, 0.15) is 23.4 Å². The Balaban J connectivity index is 1.44. The highest BCUT2D eigenvalue weighted by atomic mass is 35.5. The Morgan fingerprint density at radius 1 is 1.14 bits per heavy atom. The van der Waals surface area contributed by atoms with Gasteiger partial charge in [0.2, 0.25) is 0 Å². The molecule has 2 N–H and O–H groups in total. The number of aryl methyl sites for hydroxylation is 3. The summed E-state index contributed by atoms with van der Waals surface area (Å²) < 4.78 is 3.81. The molecule has 0 unspecified atom stereocenters. The Bertz CT molecular complexity index is 965. The van der Waals surface area contributed by atoms with E-state index in [1.807, 2.05) is 36.0 Å². The van der Waals surface area contributed by atoms with Gasteiger partial charge in [-0.15, -0.1) is 0 Å². The largest absolute Gasteiger partial charge is 0.362 e. The molecule has 0 spiro atoms. The van der Waals surface area contributed by atoms with E-state index in [2.05, 4.69) is 33.8 Å². The Kier molecular flexibility index (Phi) is 6.93. The molecule has 6 nitrogen and oxygen atoms in total. The van der Waals surface area contributed by atoms with Crippen molar-refractivity contribution in [3.8, 4) is 0 Å². The number of rotatable bonds is 7. The van der Waals surface area contributed by atoms with E-state index in [1.165, 1.54) is 5.69 Å². The summed E-state index contributed by atoms with van der Waals surface area (Å²) >= 11 is 17.5. The van der Waals surface area contributed by atoms with Crippen LogP contribution < -0.4 is 10.6 Å². The molecule has 0 aliphatic heterocycles. The van der Waals surface area contributed by atoms with Crippen LogP contribution in [-0.4, -0.2) is 31.2 Å². The minimum absolute atomic E-state index is 0.545. The van der Waals surface area contributed by atoms with Crippen molar-refractivity contribution in [2.75, 3.05) is 11.9 Å². The van der Waals surface area contributed by atoms with E-state index >= 15 is 0 Å². The highest BCUT2D eigenvalue weighted by Crippen LogP contribution is 2.21. The molecule has 2 heterocycles. The molecule has 2 aromatic heterocycles. The molecule has 1 aromatic carbocycles. The molecule has 0 aliphatic rings. The van der Waals surface area contributed by atoms with Gasteiger partial charge in [0.25, 0.3) is 0 Å². The topological polar surface area (TPSA) is 59.7 Å². The number of nitrogens with zero attached hydrogens (tertiary/aromatic N) is 4. The molecule has 0 aliphatic carbocycles. The molecule has 9 heteroatoms. The first-order valence-electron chi connectivity index (χ1n) is 8.94. The fourth-order valence-corrected chi connectivity index (χ4v) is 3.51. The first-order chi connectivity index (χ1) is 13.4. The van der Waals surface area contributed by atoms with Crippen LogP contribution in [0.15, 0.2) is 36.5 Å². The third kappa shape index (κ3) is 5.70. The molecular weight excluding hydrogens is 415 g/mol. The lowest BCUT2D eigenvalue weighted by Crippen LogP contribution is -2.30. The zero-order valence-electron chi connectivity index (χ0n) is 15.7. The van der Waals surface area contributed by atoms with Crippen LogP contribution >= 0.6 is 35.4 Å². The summed E-state index contributed by atoms with van der Waals surface area (Å²) in [5.41, 5.74) is 3.16. The molecule has 0 saturated heterocycles. The zero-order chi connectivity index (χ0) is 20.1. The number of anilines is 1. The molecule has 148 valence electrons. The van der Waals surface area contributed by atoms with Gasteiger partial charge in [-0.3, -0.25) is 9.36 Å². The maximum atomic E-state index is 6.22. The van der Waals surface area contributed by atoms with Crippen molar-refractivity contribution in [2.45, 2.75) is 33.4 Å². The van der Waals surface area contributed by atoms with Crippen LogP contribution in [0.5, 0.6) is 0 Å². The fourth-order valence-electron chi connectivity index (χ4n) is 2.83. The highest BCUT2D eigenvalue weighted by Gasteiger charge is 2.06. The average molecular weight is 437 g/mol. The molecule has 0 fully saturated rings. The molecule has 3 aromatic rings. The van der Waals surface area contributed by atoms with E-state index < -0.39 is 0 Å². The third-order valence-corrected chi connectivity index (χ3v) is 5.00. The number of thiocarbonyl (C=S) groups is 1. The lowest BCUT2D eigenvalue weighted by molar-refractivity contribution is 0.558. The van der Waals surface area contributed by atoms with Crippen LogP contribution in [0.3, 0.4) is 0 Å². The van der Waals surface area contributed by atoms with Crippen molar-refractivity contribution >= 4 is 46.4 Å². The Hall–Kier alpha value is -2.09. The minimum Gasteiger partial charge on any atom is -0.362 e. The second kappa shape index (κ2) is 9.41. The van der Waals surface area contributed by atoms with Gasteiger partial charge >= 0.3 is 0 Å². The summed E-state index contributed by atoms with van der Waals surface area (Å²) in [4.78, 5) is 0. The van der Waals surface area contributed by atoms with Gasteiger partial charge in [-0.05, 0) is 56.2 Å². The van der Waals surface area contributed by atoms with E-state index in [0.29, 0.717) is 27.5 Å². The first kappa shape index (κ1) is 20.6. The van der Waals surface area contributed by atoms with Crippen molar-refractivity contribution in [3.05, 3.63) is 63.5 Å². The second-order valence-corrected chi connectivity index (χ2v) is 7.77. The van der Waals surface area contributed by atoms with Crippen LogP contribution in [0.25, 0.3) is 0 Å². The van der Waals surface area contributed by atoms with Crippen molar-refractivity contribution in [3.63, 3.8) is 0 Å². The minimum atomic E-state index is 0.545. The third-order valence-electron chi connectivity index (χ3n) is 4.17. The number of halogens is 2. The summed E-state index contributed by atoms with van der Waals surface area (Å²) in [7, 11) is 0. The number of hydrogen-bond donors (Lipinski definition) is 2. The molecule has 0 amide bonds. The van der Waals surface area contributed by atoms with Crippen molar-refractivity contribution in [1.29, 1.82) is 0 Å². The molecule has 0 radical (unpaired) electrons. The van der Waals surface area contributed by atoms with Crippen molar-refractivity contribution < 1.29 is 0 Å². The standard InChI is InChI=1S/C19H22Cl2N6S/c1-13-10-14(2)27(24-13)8-3-7-22-19(28)23-18-6-9-26(25-18)12-15-4-5-16(20)11-17(15)21/h4-6,9-11H,3,7-8,12H2,1-2H3,(H2,22,23,25,28). The molecule has 0 bridgehead atoms. The zero-order valence-corrected chi connectivity index (χ0v) is 18.1. The van der Waals surface area contributed by atoms with Gasteiger partial charge in [0.1, 0.15) is 0 Å². The maximum absolute atomic E-state index is 6.22. The number of benzene rings is 1. The van der Waals surface area contributed by atoms with Crippen LogP contribution in [0.4, 0.5) is 5.82 Å². The normalized spacial score (nSPS) is 10.9. The number of nitrogens with one attached hydrogen (secondary N) is 2. The predicted molar refractivity (Wildman–Crippen MR) is 118 cm³/mol. The summed E-state index contributed by atoms with van der Waals surface area (Å²) in [6, 6.07) is 9.39. The van der Waals surface area contributed by atoms with Gasteiger partial charge in [0.05, 0.1) is 12.2 Å². The molecule has 0 atom stereocenters. The smallest absolute Gasteiger partial charge is 0.171 e. The average Bonchev–Trinajstić information content (AvgIpc) is 3.20. The van der Waals surface area contributed by atoms with Crippen LogP contribution in [0, 0.1) is 13.8 Å². The Labute approximate surface area is 179 Å². The van der Waals surface area contributed by atoms with E-state index in [1.54, 1.807) is 10.7 Å². The van der Waals surface area contributed by atoms with Gasteiger partial charge in [-0.2, -0.15) is 10.2 Å². The van der Waals surface area contributed by atoms with Crippen molar-refractivity contribution in [1.82, 2.24) is 24.9 Å². The number of aromatic nitrogens is 4. The van der Waals surface area contributed by atoms with Gasteiger partial charge in [-0.25, -0.2) is 0 Å². The summed E-state index contributed by atoms with van der Waals surface area (Å²) in [5, 5.41) is 17.0. The summed E-state index contributed by atoms with van der Waals surface area (Å²) in [5.74, 6) is 0.682. The first-order valence-corrected chi connectivity index (χ1v) is 10.1. The SMILES string of the molecule is Cc1cc(C)n(CCCNC(=S)Nc2ccn(Cc3ccc(Cl)cc3Cl)n2)n1. The molecular formula is C19H22Cl2N6S. The summed E-state index contributed by atoms with van der Waals surface area (Å²) in [6.07, 6.45) is 2.80. The monoisotopic (exact) mass is 436 g/mol. The van der Waals surface area contributed by atoms with E-state index in [4.69, 9.17) is 35.4 Å². The highest BCUT2D eigenvalue weighted by molar-refractivity contribution is 7.80. The van der Waals surface area contributed by atoms with E-state index in [-0.39, 0.29) is 0 Å². The van der Waals surface area contributed by atoms with Gasteiger partial charge in [0.15, 0.2) is 10.9 Å². The van der Waals surface area contributed by atoms with Crippen molar-refractivity contribution in [2.24, 2.45) is 0 Å². The molecule has 0 saturated carbocycles. The second-order valence-electron chi connectivity index (χ2n) is 6.52. The quantitative estimate of drug-likeness (QED) is 0.423. The van der Waals surface area contributed by atoms with Crippen LogP contribution in [-0.2, 0) is 13.1 Å². The lowest BCUT2D eigenvalue weighted by atomic mass is 10.2.